The van der Waals surface area contributed by atoms with E-state index in [1.165, 1.54) is 13.2 Å². The van der Waals surface area contributed by atoms with Gasteiger partial charge in [0.2, 0.25) is 0 Å². The first-order valence-electron chi connectivity index (χ1n) is 8.36. The number of carbonyl (C=O) groups excluding carboxylic acids is 1. The van der Waals surface area contributed by atoms with E-state index in [0.717, 1.165) is 12.1 Å². The third-order valence-electron chi connectivity index (χ3n) is 4.51. The van der Waals surface area contributed by atoms with Crippen molar-refractivity contribution >= 4 is 29.0 Å². The van der Waals surface area contributed by atoms with E-state index < -0.39 is 23.6 Å². The van der Waals surface area contributed by atoms with Crippen molar-refractivity contribution in [2.75, 3.05) is 19.1 Å². The molecule has 3 rings (SSSR count). The Bertz CT molecular complexity index is 940. The molecular formula is C20H18F2N2O3S. The summed E-state index contributed by atoms with van der Waals surface area (Å²) in [5.74, 6) is -1.63. The van der Waals surface area contributed by atoms with Crippen molar-refractivity contribution in [3.8, 4) is 5.75 Å². The number of thiocarbonyl (C=S) groups is 1. The molecule has 1 atom stereocenters. The summed E-state index contributed by atoms with van der Waals surface area (Å²) in [6.45, 7) is 1.65. The zero-order valence-electron chi connectivity index (χ0n) is 15.5. The van der Waals surface area contributed by atoms with Gasteiger partial charge in [0.1, 0.15) is 17.4 Å². The highest BCUT2D eigenvalue weighted by molar-refractivity contribution is 7.80. The molecule has 1 N–H and O–H groups in total. The minimum atomic E-state index is -1.12. The molecule has 2 aromatic carbocycles. The van der Waals surface area contributed by atoms with Crippen molar-refractivity contribution < 1.29 is 23.0 Å². The zero-order valence-corrected chi connectivity index (χ0v) is 16.3. The number of hydrogen-bond donors (Lipinski definition) is 1. The highest BCUT2D eigenvalue weighted by Gasteiger charge is 2.37. The summed E-state index contributed by atoms with van der Waals surface area (Å²) in [6.07, 6.45) is 0. The summed E-state index contributed by atoms with van der Waals surface area (Å²) in [7, 11) is 2.76. The highest BCUT2D eigenvalue weighted by atomic mass is 32.1. The molecule has 0 saturated carbocycles. The van der Waals surface area contributed by atoms with Crippen molar-refractivity contribution in [1.29, 1.82) is 0 Å². The number of esters is 1. The Hall–Kier alpha value is -3.00. The second-order valence-corrected chi connectivity index (χ2v) is 6.43. The molecule has 2 aromatic rings. The summed E-state index contributed by atoms with van der Waals surface area (Å²) in [5, 5.41) is 3.07. The third-order valence-corrected chi connectivity index (χ3v) is 4.81. The van der Waals surface area contributed by atoms with Crippen LogP contribution in [0.1, 0.15) is 18.5 Å². The number of rotatable bonds is 4. The van der Waals surface area contributed by atoms with E-state index in [-0.39, 0.29) is 16.2 Å². The molecule has 1 heterocycles. The van der Waals surface area contributed by atoms with E-state index >= 15 is 0 Å². The number of benzene rings is 2. The van der Waals surface area contributed by atoms with Crippen molar-refractivity contribution in [3.05, 3.63) is 70.9 Å². The monoisotopic (exact) mass is 404 g/mol. The van der Waals surface area contributed by atoms with Crippen LogP contribution in [0.15, 0.2) is 53.7 Å². The molecule has 0 aromatic heterocycles. The van der Waals surface area contributed by atoms with Gasteiger partial charge in [-0.05, 0) is 55.5 Å². The molecule has 146 valence electrons. The number of anilines is 1. The lowest BCUT2D eigenvalue weighted by Gasteiger charge is -2.37. The maximum Gasteiger partial charge on any atom is 0.337 e. The normalized spacial score (nSPS) is 16.7. The minimum absolute atomic E-state index is 0.0657. The molecule has 0 bridgehead atoms. The van der Waals surface area contributed by atoms with Crippen LogP contribution in [0.5, 0.6) is 5.75 Å². The van der Waals surface area contributed by atoms with Gasteiger partial charge < -0.3 is 14.8 Å². The van der Waals surface area contributed by atoms with Crippen LogP contribution in [0.3, 0.4) is 0 Å². The van der Waals surface area contributed by atoms with Gasteiger partial charge in [0, 0.05) is 11.4 Å². The molecule has 28 heavy (non-hydrogen) atoms. The Morgan fingerprint density at radius 1 is 1.11 bits per heavy atom. The average Bonchev–Trinajstić information content (AvgIpc) is 2.67. The number of nitrogens with one attached hydrogen (secondary N) is 1. The first-order valence-corrected chi connectivity index (χ1v) is 8.77. The van der Waals surface area contributed by atoms with Crippen LogP contribution < -0.4 is 15.0 Å². The van der Waals surface area contributed by atoms with Gasteiger partial charge in [-0.15, -0.1) is 0 Å². The smallest absolute Gasteiger partial charge is 0.337 e. The van der Waals surface area contributed by atoms with Crippen LogP contribution in [-0.4, -0.2) is 25.3 Å². The second-order valence-electron chi connectivity index (χ2n) is 6.04. The molecule has 1 unspecified atom stereocenters. The standard InChI is InChI=1S/C20H18F2N2O3S/c1-11-16(19(25)27-3)18(17-14(21)5-4-6-15(17)22)23-20(28)24(11)12-7-9-13(26-2)10-8-12/h4-10,18H,1-3H3,(H,23,28). The van der Waals surface area contributed by atoms with Crippen LogP contribution in [-0.2, 0) is 9.53 Å². The lowest BCUT2D eigenvalue weighted by atomic mass is 9.94. The Morgan fingerprint density at radius 3 is 2.25 bits per heavy atom. The van der Waals surface area contributed by atoms with Gasteiger partial charge in [-0.3, -0.25) is 4.90 Å². The number of ether oxygens (including phenoxy) is 2. The van der Waals surface area contributed by atoms with Crippen molar-refractivity contribution in [3.63, 3.8) is 0 Å². The molecule has 0 amide bonds. The van der Waals surface area contributed by atoms with Gasteiger partial charge in [0.15, 0.2) is 5.11 Å². The molecule has 8 heteroatoms. The Kier molecular flexibility index (Phi) is 5.60. The quantitative estimate of drug-likeness (QED) is 0.617. The summed E-state index contributed by atoms with van der Waals surface area (Å²) < 4.78 is 38.8. The summed E-state index contributed by atoms with van der Waals surface area (Å²) in [4.78, 5) is 14.1. The van der Waals surface area contributed by atoms with Gasteiger partial charge >= 0.3 is 5.97 Å². The maximum absolute atomic E-state index is 14.4. The molecule has 1 aliphatic rings. The fraction of sp³-hybridized carbons (Fsp3) is 0.200. The van der Waals surface area contributed by atoms with Crippen LogP contribution in [0.2, 0.25) is 0 Å². The van der Waals surface area contributed by atoms with E-state index in [2.05, 4.69) is 5.32 Å². The number of carbonyl (C=O) groups is 1. The summed E-state index contributed by atoms with van der Waals surface area (Å²) >= 11 is 5.44. The van der Waals surface area contributed by atoms with Gasteiger partial charge in [-0.25, -0.2) is 13.6 Å². The number of hydrogen-bond acceptors (Lipinski definition) is 4. The fourth-order valence-electron chi connectivity index (χ4n) is 3.16. The first kappa shape index (κ1) is 19.8. The molecule has 0 fully saturated rings. The van der Waals surface area contributed by atoms with Crippen molar-refractivity contribution in [2.45, 2.75) is 13.0 Å². The van der Waals surface area contributed by atoms with E-state index in [4.69, 9.17) is 21.7 Å². The summed E-state index contributed by atoms with van der Waals surface area (Å²) in [6, 6.07) is 9.40. The van der Waals surface area contributed by atoms with Crippen LogP contribution >= 0.6 is 12.2 Å². The van der Waals surface area contributed by atoms with Gasteiger partial charge in [-0.2, -0.15) is 0 Å². The number of methoxy groups -OCH3 is 2. The van der Waals surface area contributed by atoms with Gasteiger partial charge in [0.25, 0.3) is 0 Å². The average molecular weight is 404 g/mol. The predicted octanol–water partition coefficient (Wildman–Crippen LogP) is 3.86. The first-order chi connectivity index (χ1) is 13.4. The van der Waals surface area contributed by atoms with Crippen LogP contribution in [0.4, 0.5) is 14.5 Å². The second kappa shape index (κ2) is 7.93. The van der Waals surface area contributed by atoms with Crippen LogP contribution in [0, 0.1) is 11.6 Å². The Morgan fingerprint density at radius 2 is 1.71 bits per heavy atom. The molecule has 0 saturated heterocycles. The van der Waals surface area contributed by atoms with Crippen molar-refractivity contribution in [2.24, 2.45) is 0 Å². The predicted molar refractivity (Wildman–Crippen MR) is 105 cm³/mol. The molecule has 5 nitrogen and oxygen atoms in total. The topological polar surface area (TPSA) is 50.8 Å². The van der Waals surface area contributed by atoms with Crippen LogP contribution in [0.25, 0.3) is 0 Å². The highest BCUT2D eigenvalue weighted by Crippen LogP contribution is 2.36. The zero-order chi connectivity index (χ0) is 20.4. The summed E-state index contributed by atoms with van der Waals surface area (Å²) in [5.41, 5.74) is 0.841. The SMILES string of the molecule is COC(=O)C1=C(C)N(c2ccc(OC)cc2)C(=S)NC1c1c(F)cccc1F. The Balaban J connectivity index is 2.16. The molecule has 0 spiro atoms. The lowest BCUT2D eigenvalue weighted by molar-refractivity contribution is -0.136. The molecule has 0 aliphatic carbocycles. The molecular weight excluding hydrogens is 386 g/mol. The van der Waals surface area contributed by atoms with E-state index in [0.29, 0.717) is 17.1 Å². The van der Waals surface area contributed by atoms with E-state index in [9.17, 15) is 13.6 Å². The molecule has 1 aliphatic heterocycles. The minimum Gasteiger partial charge on any atom is -0.497 e. The Labute approximate surface area is 166 Å². The van der Waals surface area contributed by atoms with E-state index in [1.807, 2.05) is 0 Å². The molecule has 0 radical (unpaired) electrons. The number of nitrogens with zero attached hydrogens (tertiary/aromatic N) is 1. The van der Waals surface area contributed by atoms with Gasteiger partial charge in [-0.1, -0.05) is 6.07 Å². The number of halogens is 2. The van der Waals surface area contributed by atoms with Gasteiger partial charge in [0.05, 0.1) is 31.4 Å². The van der Waals surface area contributed by atoms with E-state index in [1.54, 1.807) is 43.2 Å². The largest absolute Gasteiger partial charge is 0.497 e. The lowest BCUT2D eigenvalue weighted by Crippen LogP contribution is -2.48. The third kappa shape index (κ3) is 3.43. The fourth-order valence-corrected chi connectivity index (χ4v) is 3.52. The number of allylic oxidation sites excluding steroid dienone is 1. The van der Waals surface area contributed by atoms with Crippen molar-refractivity contribution in [1.82, 2.24) is 5.32 Å². The maximum atomic E-state index is 14.4.